The third-order valence-electron chi connectivity index (χ3n) is 5.71. The third kappa shape index (κ3) is 6.20. The number of piperidine rings is 1. The molecule has 1 aromatic heterocycles. The minimum absolute atomic E-state index is 0. The molecule has 1 amide bonds. The Morgan fingerprint density at radius 2 is 1.77 bits per heavy atom. The normalized spacial score (nSPS) is 18.3. The van der Waals surface area contributed by atoms with Crippen LogP contribution in [0.2, 0.25) is 0 Å². The minimum Gasteiger partial charge on any atom is -0.340 e. The van der Waals surface area contributed by atoms with Gasteiger partial charge >= 0.3 is 0 Å². The van der Waals surface area contributed by atoms with E-state index in [2.05, 4.69) is 10.3 Å². The number of amides is 1. The Morgan fingerprint density at radius 1 is 1.06 bits per heavy atom. The number of carbonyl (C=O) groups is 1. The van der Waals surface area contributed by atoms with Gasteiger partial charge in [-0.15, -0.1) is 24.8 Å². The van der Waals surface area contributed by atoms with Crippen molar-refractivity contribution in [3.63, 3.8) is 0 Å². The molecule has 0 spiro atoms. The van der Waals surface area contributed by atoms with Crippen LogP contribution in [0.25, 0.3) is 0 Å². The van der Waals surface area contributed by atoms with Crippen LogP contribution in [0.1, 0.15) is 18.4 Å². The van der Waals surface area contributed by atoms with Gasteiger partial charge in [0.25, 0.3) is 0 Å². The summed E-state index contributed by atoms with van der Waals surface area (Å²) in [7, 11) is -3.67. The molecule has 1 N–H and O–H groups in total. The van der Waals surface area contributed by atoms with Crippen molar-refractivity contribution >= 4 is 40.7 Å². The van der Waals surface area contributed by atoms with Gasteiger partial charge in [-0.25, -0.2) is 13.4 Å². The van der Waals surface area contributed by atoms with Gasteiger partial charge in [-0.1, -0.05) is 12.1 Å². The summed E-state index contributed by atoms with van der Waals surface area (Å²) in [6.07, 6.45) is 7.42. The van der Waals surface area contributed by atoms with Crippen LogP contribution < -0.4 is 5.32 Å². The smallest absolute Gasteiger partial charge is 0.243 e. The number of nitrogens with zero attached hydrogens (tertiary/aromatic N) is 4. The van der Waals surface area contributed by atoms with E-state index >= 15 is 0 Å². The van der Waals surface area contributed by atoms with E-state index in [1.807, 2.05) is 27.8 Å². The Bertz CT molecular complexity index is 932. The van der Waals surface area contributed by atoms with E-state index in [0.29, 0.717) is 25.6 Å². The van der Waals surface area contributed by atoms with Crippen molar-refractivity contribution in [3.05, 3.63) is 48.5 Å². The standard InChI is InChI=1S/C20H27N5O3S.2ClH/c26-20-15-25(12-11-24(20)14-18-5-7-21-8-6-18)29(27,28)19-3-1-17(2-4-19)13-23-10-9-22-16-23;;/h1-4,9-10,16,18,21H,5-8,11-15H2;2*1H. The Hall–Kier alpha value is -1.65. The first-order chi connectivity index (χ1) is 14.0. The first kappa shape index (κ1) is 25.6. The lowest BCUT2D eigenvalue weighted by Gasteiger charge is -2.36. The van der Waals surface area contributed by atoms with Gasteiger partial charge in [0.1, 0.15) is 0 Å². The number of aromatic nitrogens is 2. The summed E-state index contributed by atoms with van der Waals surface area (Å²) in [5.74, 6) is 0.404. The number of nitrogens with one attached hydrogen (secondary N) is 1. The van der Waals surface area contributed by atoms with Crippen molar-refractivity contribution < 1.29 is 13.2 Å². The number of hydrogen-bond acceptors (Lipinski definition) is 5. The molecule has 2 saturated heterocycles. The van der Waals surface area contributed by atoms with Crippen LogP contribution in [-0.2, 0) is 21.4 Å². The number of piperazine rings is 1. The number of rotatable bonds is 6. The van der Waals surface area contributed by atoms with Gasteiger partial charge in [-0.05, 0) is 49.5 Å². The van der Waals surface area contributed by atoms with E-state index in [1.54, 1.807) is 24.7 Å². The number of imidazole rings is 1. The molecule has 8 nitrogen and oxygen atoms in total. The van der Waals surface area contributed by atoms with Gasteiger partial charge in [-0.2, -0.15) is 4.31 Å². The zero-order valence-corrected chi connectivity index (χ0v) is 19.7. The van der Waals surface area contributed by atoms with Gasteiger partial charge < -0.3 is 14.8 Å². The molecule has 3 heterocycles. The Kier molecular flexibility index (Phi) is 9.32. The molecule has 0 unspecified atom stereocenters. The highest BCUT2D eigenvalue weighted by molar-refractivity contribution is 7.89. The lowest BCUT2D eigenvalue weighted by atomic mass is 9.97. The summed E-state index contributed by atoms with van der Waals surface area (Å²) in [5.41, 5.74) is 0.991. The second-order valence-corrected chi connectivity index (χ2v) is 9.69. The number of sulfonamides is 1. The molecule has 2 aromatic rings. The molecule has 0 bridgehead atoms. The topological polar surface area (TPSA) is 87.5 Å². The van der Waals surface area contributed by atoms with Crippen LogP contribution in [0.3, 0.4) is 0 Å². The van der Waals surface area contributed by atoms with Crippen molar-refractivity contribution in [1.82, 2.24) is 24.1 Å². The Balaban J connectivity index is 0.00000171. The molecule has 2 fully saturated rings. The summed E-state index contributed by atoms with van der Waals surface area (Å²) in [5, 5.41) is 3.33. The van der Waals surface area contributed by atoms with Crippen LogP contribution in [0.5, 0.6) is 0 Å². The van der Waals surface area contributed by atoms with Gasteiger partial charge in [-0.3, -0.25) is 4.79 Å². The average Bonchev–Trinajstić information content (AvgIpc) is 3.24. The van der Waals surface area contributed by atoms with Crippen LogP contribution in [0.4, 0.5) is 0 Å². The molecule has 1 aromatic carbocycles. The first-order valence-corrected chi connectivity index (χ1v) is 11.5. The molecular weight excluding hydrogens is 461 g/mol. The van der Waals surface area contributed by atoms with Crippen LogP contribution >= 0.6 is 24.8 Å². The zero-order chi connectivity index (χ0) is 20.3. The van der Waals surface area contributed by atoms with Gasteiger partial charge in [0.15, 0.2) is 0 Å². The summed E-state index contributed by atoms with van der Waals surface area (Å²) >= 11 is 0. The molecule has 0 saturated carbocycles. The van der Waals surface area contributed by atoms with E-state index in [9.17, 15) is 13.2 Å². The molecule has 11 heteroatoms. The van der Waals surface area contributed by atoms with Crippen molar-refractivity contribution in [2.75, 3.05) is 39.3 Å². The molecule has 172 valence electrons. The fourth-order valence-electron chi connectivity index (χ4n) is 3.97. The molecule has 0 atom stereocenters. The number of halogens is 2. The first-order valence-electron chi connectivity index (χ1n) is 10.1. The van der Waals surface area contributed by atoms with Crippen LogP contribution in [-0.4, -0.2) is 72.3 Å². The highest BCUT2D eigenvalue weighted by Crippen LogP contribution is 2.21. The molecular formula is C20H29Cl2N5O3S. The average molecular weight is 490 g/mol. The van der Waals surface area contributed by atoms with E-state index in [-0.39, 0.29) is 42.2 Å². The van der Waals surface area contributed by atoms with E-state index in [0.717, 1.165) is 38.0 Å². The lowest BCUT2D eigenvalue weighted by molar-refractivity contribution is -0.134. The van der Waals surface area contributed by atoms with Crippen molar-refractivity contribution in [2.45, 2.75) is 24.3 Å². The number of carbonyl (C=O) groups excluding carboxylic acids is 1. The monoisotopic (exact) mass is 489 g/mol. The highest BCUT2D eigenvalue weighted by Gasteiger charge is 2.33. The van der Waals surface area contributed by atoms with Gasteiger partial charge in [0.05, 0.1) is 17.8 Å². The Morgan fingerprint density at radius 3 is 2.39 bits per heavy atom. The van der Waals surface area contributed by atoms with Crippen molar-refractivity contribution in [2.24, 2.45) is 5.92 Å². The summed E-state index contributed by atoms with van der Waals surface area (Å²) < 4.78 is 29.2. The van der Waals surface area contributed by atoms with Crippen molar-refractivity contribution in [3.8, 4) is 0 Å². The predicted octanol–water partition coefficient (Wildman–Crippen LogP) is 1.61. The van der Waals surface area contributed by atoms with Gasteiger partial charge in [0.2, 0.25) is 15.9 Å². The highest BCUT2D eigenvalue weighted by atomic mass is 35.5. The fourth-order valence-corrected chi connectivity index (χ4v) is 5.35. The maximum Gasteiger partial charge on any atom is 0.243 e. The summed E-state index contributed by atoms with van der Waals surface area (Å²) in [6, 6.07) is 6.85. The SMILES string of the molecule is Cl.Cl.O=C1CN(S(=O)(=O)c2ccc(Cn3ccnc3)cc2)CCN1CC1CCNCC1. The van der Waals surface area contributed by atoms with Crippen LogP contribution in [0.15, 0.2) is 47.9 Å². The minimum atomic E-state index is -3.67. The molecule has 31 heavy (non-hydrogen) atoms. The summed E-state index contributed by atoms with van der Waals surface area (Å²) in [4.78, 5) is 18.6. The zero-order valence-electron chi connectivity index (χ0n) is 17.2. The lowest BCUT2D eigenvalue weighted by Crippen LogP contribution is -2.53. The van der Waals surface area contributed by atoms with E-state index in [4.69, 9.17) is 0 Å². The molecule has 4 rings (SSSR count). The second-order valence-electron chi connectivity index (χ2n) is 7.75. The quantitative estimate of drug-likeness (QED) is 0.665. The van der Waals surface area contributed by atoms with Crippen LogP contribution in [0, 0.1) is 5.92 Å². The number of hydrogen-bond donors (Lipinski definition) is 1. The van der Waals surface area contributed by atoms with Gasteiger partial charge in [0, 0.05) is 38.6 Å². The predicted molar refractivity (Wildman–Crippen MR) is 123 cm³/mol. The largest absolute Gasteiger partial charge is 0.340 e. The molecule has 0 aliphatic carbocycles. The van der Waals surface area contributed by atoms with E-state index in [1.165, 1.54) is 4.31 Å². The third-order valence-corrected chi connectivity index (χ3v) is 7.57. The molecule has 0 radical (unpaired) electrons. The summed E-state index contributed by atoms with van der Waals surface area (Å²) in [6.45, 7) is 4.07. The van der Waals surface area contributed by atoms with E-state index < -0.39 is 10.0 Å². The maximum absolute atomic E-state index is 13.0. The molecule has 2 aliphatic heterocycles. The second kappa shape index (κ2) is 11.3. The molecule has 2 aliphatic rings. The fraction of sp³-hybridized carbons (Fsp3) is 0.500. The maximum atomic E-state index is 13.0. The number of benzene rings is 1. The Labute approximate surface area is 195 Å². The van der Waals surface area contributed by atoms with Crippen molar-refractivity contribution in [1.29, 1.82) is 0 Å².